The van der Waals surface area contributed by atoms with Crippen LogP contribution >= 0.6 is 0 Å². The van der Waals surface area contributed by atoms with Crippen molar-refractivity contribution >= 4 is 10.2 Å². The summed E-state index contributed by atoms with van der Waals surface area (Å²) in [6.45, 7) is 3.58. The minimum Gasteiger partial charge on any atom is -0.329 e. The van der Waals surface area contributed by atoms with Gasteiger partial charge in [-0.25, -0.2) is 0 Å². The summed E-state index contributed by atoms with van der Waals surface area (Å²) in [4.78, 5) is 0. The molecular weight excluding hydrogens is 228 g/mol. The zero-order chi connectivity index (χ0) is 11.6. The van der Waals surface area contributed by atoms with Crippen LogP contribution in [0.4, 0.5) is 0 Å². The number of hydrogen-bond acceptors (Lipinski definition) is 4. The van der Waals surface area contributed by atoms with Crippen molar-refractivity contribution in [2.24, 2.45) is 5.73 Å². The highest BCUT2D eigenvalue weighted by Crippen LogP contribution is 2.19. The van der Waals surface area contributed by atoms with E-state index in [0.717, 1.165) is 12.8 Å². The molecule has 16 heavy (non-hydrogen) atoms. The fourth-order valence-corrected chi connectivity index (χ4v) is 4.19. The first kappa shape index (κ1) is 12.3. The second kappa shape index (κ2) is 4.97. The average molecular weight is 248 g/mol. The summed E-state index contributed by atoms with van der Waals surface area (Å²) >= 11 is 0. The molecule has 2 fully saturated rings. The van der Waals surface area contributed by atoms with Crippen LogP contribution in [0.1, 0.15) is 12.8 Å². The lowest BCUT2D eigenvalue weighted by Crippen LogP contribution is -2.59. The molecule has 2 aliphatic rings. The maximum atomic E-state index is 12.3. The maximum absolute atomic E-state index is 12.3. The van der Waals surface area contributed by atoms with E-state index in [1.807, 2.05) is 0 Å². The Morgan fingerprint density at radius 3 is 2.56 bits per heavy atom. The van der Waals surface area contributed by atoms with E-state index in [-0.39, 0.29) is 6.04 Å². The molecule has 0 aromatic carbocycles. The van der Waals surface area contributed by atoms with E-state index in [4.69, 9.17) is 5.73 Å². The van der Waals surface area contributed by atoms with E-state index in [2.05, 4.69) is 5.32 Å². The van der Waals surface area contributed by atoms with Gasteiger partial charge in [0.25, 0.3) is 10.2 Å². The van der Waals surface area contributed by atoms with Crippen LogP contribution in [-0.2, 0) is 10.2 Å². The predicted molar refractivity (Wildman–Crippen MR) is 62.1 cm³/mol. The van der Waals surface area contributed by atoms with E-state index in [1.54, 1.807) is 8.61 Å². The molecule has 0 spiro atoms. The highest BCUT2D eigenvalue weighted by molar-refractivity contribution is 7.86. The zero-order valence-electron chi connectivity index (χ0n) is 9.43. The zero-order valence-corrected chi connectivity index (χ0v) is 10.2. The van der Waals surface area contributed by atoms with Crippen molar-refractivity contribution in [3.8, 4) is 0 Å². The summed E-state index contributed by atoms with van der Waals surface area (Å²) in [5.74, 6) is 0. The van der Waals surface area contributed by atoms with E-state index in [9.17, 15) is 8.42 Å². The molecule has 94 valence electrons. The van der Waals surface area contributed by atoms with Gasteiger partial charge in [-0.2, -0.15) is 17.0 Å². The molecule has 7 heteroatoms. The van der Waals surface area contributed by atoms with Gasteiger partial charge in [-0.15, -0.1) is 0 Å². The Balaban J connectivity index is 2.13. The third-order valence-corrected chi connectivity index (χ3v) is 5.35. The second-order valence-corrected chi connectivity index (χ2v) is 6.20. The van der Waals surface area contributed by atoms with Crippen molar-refractivity contribution < 1.29 is 8.42 Å². The lowest BCUT2D eigenvalue weighted by molar-refractivity contribution is 0.254. The molecule has 0 aliphatic carbocycles. The minimum absolute atomic E-state index is 0.0978. The van der Waals surface area contributed by atoms with Crippen molar-refractivity contribution in [1.29, 1.82) is 0 Å². The van der Waals surface area contributed by atoms with Gasteiger partial charge in [-0.1, -0.05) is 0 Å². The van der Waals surface area contributed by atoms with Crippen molar-refractivity contribution in [2.75, 3.05) is 39.3 Å². The smallest absolute Gasteiger partial charge is 0.282 e. The number of nitrogens with zero attached hydrogens (tertiary/aromatic N) is 2. The fraction of sp³-hybridized carbons (Fsp3) is 1.00. The number of nitrogens with one attached hydrogen (secondary N) is 1. The van der Waals surface area contributed by atoms with Crippen LogP contribution in [0.25, 0.3) is 0 Å². The van der Waals surface area contributed by atoms with Gasteiger partial charge in [0.05, 0.1) is 6.04 Å². The van der Waals surface area contributed by atoms with Crippen molar-refractivity contribution in [3.05, 3.63) is 0 Å². The van der Waals surface area contributed by atoms with Gasteiger partial charge in [0, 0.05) is 39.3 Å². The normalized spacial score (nSPS) is 29.7. The molecule has 1 atom stereocenters. The van der Waals surface area contributed by atoms with E-state index >= 15 is 0 Å². The molecule has 6 nitrogen and oxygen atoms in total. The Morgan fingerprint density at radius 1 is 1.25 bits per heavy atom. The lowest BCUT2D eigenvalue weighted by atomic mass is 10.2. The van der Waals surface area contributed by atoms with Gasteiger partial charge in [-0.05, 0) is 12.8 Å². The predicted octanol–water partition coefficient (Wildman–Crippen LogP) is -1.44. The summed E-state index contributed by atoms with van der Waals surface area (Å²) in [5, 5.41) is 3.17. The molecule has 2 rings (SSSR count). The molecule has 1 unspecified atom stereocenters. The molecule has 3 N–H and O–H groups in total. The summed E-state index contributed by atoms with van der Waals surface area (Å²) in [7, 11) is -3.28. The molecule has 0 aromatic heterocycles. The highest BCUT2D eigenvalue weighted by atomic mass is 32.2. The van der Waals surface area contributed by atoms with Crippen LogP contribution in [0, 0.1) is 0 Å². The fourth-order valence-electron chi connectivity index (χ4n) is 2.31. The van der Waals surface area contributed by atoms with E-state index in [0.29, 0.717) is 39.3 Å². The Labute approximate surface area is 97.0 Å². The number of rotatable bonds is 3. The quantitative estimate of drug-likeness (QED) is 0.641. The molecule has 0 aromatic rings. The highest BCUT2D eigenvalue weighted by Gasteiger charge is 2.36. The average Bonchev–Trinajstić information content (AvgIpc) is 2.83. The number of piperazine rings is 1. The van der Waals surface area contributed by atoms with Crippen molar-refractivity contribution in [2.45, 2.75) is 18.9 Å². The molecule has 2 aliphatic heterocycles. The van der Waals surface area contributed by atoms with Crippen LogP contribution in [-0.4, -0.2) is 62.3 Å². The largest absolute Gasteiger partial charge is 0.329 e. The Kier molecular flexibility index (Phi) is 3.81. The molecule has 0 saturated carbocycles. The Morgan fingerprint density at radius 2 is 1.94 bits per heavy atom. The van der Waals surface area contributed by atoms with Crippen molar-refractivity contribution in [1.82, 2.24) is 13.9 Å². The molecule has 0 radical (unpaired) electrons. The van der Waals surface area contributed by atoms with Crippen LogP contribution in [0.15, 0.2) is 0 Å². The van der Waals surface area contributed by atoms with Crippen LogP contribution in [0.2, 0.25) is 0 Å². The van der Waals surface area contributed by atoms with Gasteiger partial charge in [0.1, 0.15) is 0 Å². The molecule has 0 amide bonds. The lowest BCUT2D eigenvalue weighted by Gasteiger charge is -2.36. The Bertz CT molecular complexity index is 326. The molecular formula is C9H20N4O2S. The standard InChI is InChI=1S/C9H20N4O2S/c10-7-9-8-11-3-6-13(9)16(14,15)12-4-1-2-5-12/h9,11H,1-8,10H2. The third kappa shape index (κ3) is 2.23. The summed E-state index contributed by atoms with van der Waals surface area (Å²) < 4.78 is 27.8. The Hall–Kier alpha value is -0.210. The summed E-state index contributed by atoms with van der Waals surface area (Å²) in [5.41, 5.74) is 5.62. The van der Waals surface area contributed by atoms with Crippen LogP contribution in [0.3, 0.4) is 0 Å². The van der Waals surface area contributed by atoms with Gasteiger partial charge < -0.3 is 11.1 Å². The van der Waals surface area contributed by atoms with Crippen LogP contribution in [0.5, 0.6) is 0 Å². The SMILES string of the molecule is NCC1CNCCN1S(=O)(=O)N1CCCC1. The number of hydrogen-bond donors (Lipinski definition) is 2. The monoisotopic (exact) mass is 248 g/mol. The van der Waals surface area contributed by atoms with E-state index < -0.39 is 10.2 Å². The van der Waals surface area contributed by atoms with Gasteiger partial charge in [-0.3, -0.25) is 0 Å². The molecule has 0 bridgehead atoms. The summed E-state index contributed by atoms with van der Waals surface area (Å²) in [6.07, 6.45) is 1.94. The second-order valence-electron chi connectivity index (χ2n) is 4.32. The summed E-state index contributed by atoms with van der Waals surface area (Å²) in [6, 6.07) is -0.0978. The van der Waals surface area contributed by atoms with Gasteiger partial charge >= 0.3 is 0 Å². The van der Waals surface area contributed by atoms with Crippen molar-refractivity contribution in [3.63, 3.8) is 0 Å². The topological polar surface area (TPSA) is 78.7 Å². The van der Waals surface area contributed by atoms with Crippen LogP contribution < -0.4 is 11.1 Å². The van der Waals surface area contributed by atoms with Gasteiger partial charge in [0.2, 0.25) is 0 Å². The van der Waals surface area contributed by atoms with Gasteiger partial charge in [0.15, 0.2) is 0 Å². The first-order valence-corrected chi connectivity index (χ1v) is 7.23. The third-order valence-electron chi connectivity index (χ3n) is 3.26. The number of nitrogens with two attached hydrogens (primary N) is 1. The first-order valence-electron chi connectivity index (χ1n) is 5.84. The molecule has 2 saturated heterocycles. The molecule has 2 heterocycles. The van der Waals surface area contributed by atoms with E-state index in [1.165, 1.54) is 0 Å². The first-order chi connectivity index (χ1) is 7.66. The minimum atomic E-state index is -3.28. The maximum Gasteiger partial charge on any atom is 0.282 e.